The molecule has 0 aromatic carbocycles. The molecule has 1 atom stereocenters. The molecule has 2 aromatic heterocycles. The van der Waals surface area contributed by atoms with Gasteiger partial charge in [0.05, 0.1) is 25.6 Å². The number of epoxide rings is 1. The van der Waals surface area contributed by atoms with Gasteiger partial charge in [-0.15, -0.1) is 0 Å². The molecule has 2 aromatic rings. The van der Waals surface area contributed by atoms with Crippen LogP contribution in [0.25, 0.3) is 11.2 Å². The van der Waals surface area contributed by atoms with Crippen molar-refractivity contribution in [2.24, 2.45) is 0 Å². The highest BCUT2D eigenvalue weighted by atomic mass is 35.5. The van der Waals surface area contributed by atoms with Crippen molar-refractivity contribution >= 4 is 22.8 Å². The van der Waals surface area contributed by atoms with E-state index in [0.29, 0.717) is 17.7 Å². The smallest absolute Gasteiger partial charge is 0.312 e. The van der Waals surface area contributed by atoms with E-state index in [0.717, 1.165) is 6.61 Å². The molecule has 0 aliphatic carbocycles. The summed E-state index contributed by atoms with van der Waals surface area (Å²) in [6.45, 7) is 1.34. The standard InChI is InChI=1S/C8H6ClFN4O/c9-6-5-7(13-8(10)12-6)14(3-11-5)1-4-2-15-4/h3-4H,1-2H2. The minimum absolute atomic E-state index is 0.0352. The third-order valence-electron chi connectivity index (χ3n) is 2.20. The van der Waals surface area contributed by atoms with E-state index < -0.39 is 6.08 Å². The Kier molecular flexibility index (Phi) is 1.86. The Morgan fingerprint density at radius 1 is 1.60 bits per heavy atom. The quantitative estimate of drug-likeness (QED) is 0.438. The molecule has 1 aliphatic rings. The number of halogens is 2. The molecule has 0 bridgehead atoms. The Hall–Kier alpha value is -1.27. The molecular weight excluding hydrogens is 223 g/mol. The van der Waals surface area contributed by atoms with Crippen LogP contribution in [0.5, 0.6) is 0 Å². The summed E-state index contributed by atoms with van der Waals surface area (Å²) >= 11 is 5.73. The Balaban J connectivity index is 2.14. The van der Waals surface area contributed by atoms with Crippen LogP contribution >= 0.6 is 11.6 Å². The predicted molar refractivity (Wildman–Crippen MR) is 50.0 cm³/mol. The van der Waals surface area contributed by atoms with E-state index in [1.807, 2.05) is 0 Å². The van der Waals surface area contributed by atoms with Gasteiger partial charge in [-0.25, -0.2) is 4.98 Å². The third kappa shape index (κ3) is 1.55. The van der Waals surface area contributed by atoms with E-state index >= 15 is 0 Å². The summed E-state index contributed by atoms with van der Waals surface area (Å²) in [5.41, 5.74) is 0.821. The number of hydrogen-bond acceptors (Lipinski definition) is 4. The Labute approximate surface area is 88.9 Å². The molecule has 3 heterocycles. The topological polar surface area (TPSA) is 56.1 Å². The normalized spacial score (nSPS) is 19.7. The molecule has 1 fully saturated rings. The van der Waals surface area contributed by atoms with Gasteiger partial charge in [-0.1, -0.05) is 11.6 Å². The molecule has 7 heteroatoms. The summed E-state index contributed by atoms with van der Waals surface area (Å²) in [5, 5.41) is 0.0352. The molecular formula is C8H6ClFN4O. The number of hydrogen-bond donors (Lipinski definition) is 0. The van der Waals surface area contributed by atoms with E-state index in [1.54, 1.807) is 10.9 Å². The molecule has 1 saturated heterocycles. The van der Waals surface area contributed by atoms with Gasteiger partial charge in [0.25, 0.3) is 0 Å². The van der Waals surface area contributed by atoms with E-state index in [2.05, 4.69) is 15.0 Å². The van der Waals surface area contributed by atoms with E-state index in [9.17, 15) is 4.39 Å². The van der Waals surface area contributed by atoms with Gasteiger partial charge in [0.15, 0.2) is 10.8 Å². The fraction of sp³-hybridized carbons (Fsp3) is 0.375. The monoisotopic (exact) mass is 228 g/mol. The number of fused-ring (bicyclic) bond motifs is 1. The molecule has 0 radical (unpaired) electrons. The Morgan fingerprint density at radius 2 is 2.40 bits per heavy atom. The van der Waals surface area contributed by atoms with E-state index in [1.165, 1.54) is 0 Å². The van der Waals surface area contributed by atoms with E-state index in [4.69, 9.17) is 16.3 Å². The SMILES string of the molecule is Fc1nc(Cl)c2ncn(CC3CO3)c2n1. The summed E-state index contributed by atoms with van der Waals surface area (Å²) < 4.78 is 19.7. The molecule has 78 valence electrons. The summed E-state index contributed by atoms with van der Waals surface area (Å²) in [4.78, 5) is 11.1. The first-order valence-electron chi connectivity index (χ1n) is 4.39. The van der Waals surface area contributed by atoms with Crippen LogP contribution in [0.1, 0.15) is 0 Å². The highest BCUT2D eigenvalue weighted by molar-refractivity contribution is 6.33. The third-order valence-corrected chi connectivity index (χ3v) is 2.46. The predicted octanol–water partition coefficient (Wildman–Crippen LogP) is 1.02. The Bertz CT molecular complexity index is 525. The first-order valence-corrected chi connectivity index (χ1v) is 4.77. The van der Waals surface area contributed by atoms with Crippen LogP contribution < -0.4 is 0 Å². The fourth-order valence-electron chi connectivity index (χ4n) is 1.41. The van der Waals surface area contributed by atoms with Crippen molar-refractivity contribution in [1.29, 1.82) is 0 Å². The largest absolute Gasteiger partial charge is 0.371 e. The number of nitrogens with zero attached hydrogens (tertiary/aromatic N) is 4. The minimum Gasteiger partial charge on any atom is -0.371 e. The second-order valence-electron chi connectivity index (χ2n) is 3.31. The average Bonchev–Trinajstić information content (AvgIpc) is 2.89. The molecule has 3 rings (SSSR count). The van der Waals surface area contributed by atoms with Crippen molar-refractivity contribution in [2.75, 3.05) is 6.61 Å². The number of aromatic nitrogens is 4. The van der Waals surface area contributed by atoms with Crippen molar-refractivity contribution in [3.63, 3.8) is 0 Å². The Morgan fingerprint density at radius 3 is 3.13 bits per heavy atom. The lowest BCUT2D eigenvalue weighted by Gasteiger charge is -1.99. The number of ether oxygens (including phenoxy) is 1. The van der Waals surface area contributed by atoms with E-state index in [-0.39, 0.29) is 11.3 Å². The molecule has 0 N–H and O–H groups in total. The zero-order valence-corrected chi connectivity index (χ0v) is 8.28. The molecule has 1 aliphatic heterocycles. The van der Waals surface area contributed by atoms with Crippen molar-refractivity contribution in [2.45, 2.75) is 12.6 Å². The molecule has 15 heavy (non-hydrogen) atoms. The maximum Gasteiger partial charge on any atom is 0.312 e. The zero-order chi connectivity index (χ0) is 10.4. The molecule has 0 spiro atoms. The fourth-order valence-corrected chi connectivity index (χ4v) is 1.61. The first-order chi connectivity index (χ1) is 7.24. The van der Waals surface area contributed by atoms with Crippen LogP contribution in [0.15, 0.2) is 6.33 Å². The maximum atomic E-state index is 12.9. The first kappa shape index (κ1) is 8.99. The van der Waals surface area contributed by atoms with Crippen LogP contribution in [0.4, 0.5) is 4.39 Å². The lowest BCUT2D eigenvalue weighted by atomic mass is 10.4. The summed E-state index contributed by atoms with van der Waals surface area (Å²) in [6.07, 6.45) is 0.900. The van der Waals surface area contributed by atoms with Crippen LogP contribution in [-0.4, -0.2) is 32.2 Å². The number of rotatable bonds is 2. The van der Waals surface area contributed by atoms with Gasteiger partial charge in [0.1, 0.15) is 5.52 Å². The van der Waals surface area contributed by atoms with Crippen LogP contribution in [0.2, 0.25) is 5.15 Å². The molecule has 1 unspecified atom stereocenters. The van der Waals surface area contributed by atoms with Crippen LogP contribution in [0, 0.1) is 6.08 Å². The van der Waals surface area contributed by atoms with Gasteiger partial charge >= 0.3 is 6.08 Å². The average molecular weight is 229 g/mol. The van der Waals surface area contributed by atoms with Crippen LogP contribution in [0.3, 0.4) is 0 Å². The second kappa shape index (κ2) is 3.11. The van der Waals surface area contributed by atoms with Gasteiger partial charge in [-0.3, -0.25) is 0 Å². The summed E-state index contributed by atoms with van der Waals surface area (Å²) in [6, 6.07) is 0. The van der Waals surface area contributed by atoms with Crippen molar-refractivity contribution in [3.05, 3.63) is 17.6 Å². The highest BCUT2D eigenvalue weighted by Crippen LogP contribution is 2.20. The van der Waals surface area contributed by atoms with Crippen molar-refractivity contribution in [1.82, 2.24) is 19.5 Å². The second-order valence-corrected chi connectivity index (χ2v) is 3.67. The summed E-state index contributed by atoms with van der Waals surface area (Å²) in [5.74, 6) is 0. The van der Waals surface area contributed by atoms with Crippen LogP contribution in [-0.2, 0) is 11.3 Å². The van der Waals surface area contributed by atoms with Gasteiger partial charge in [0, 0.05) is 0 Å². The van der Waals surface area contributed by atoms with Gasteiger partial charge in [-0.2, -0.15) is 14.4 Å². The minimum atomic E-state index is -0.842. The van der Waals surface area contributed by atoms with Gasteiger partial charge in [0.2, 0.25) is 0 Å². The van der Waals surface area contributed by atoms with Crippen molar-refractivity contribution in [3.8, 4) is 0 Å². The van der Waals surface area contributed by atoms with Crippen molar-refractivity contribution < 1.29 is 9.13 Å². The van der Waals surface area contributed by atoms with Gasteiger partial charge in [-0.05, 0) is 0 Å². The molecule has 0 amide bonds. The zero-order valence-electron chi connectivity index (χ0n) is 7.52. The lowest BCUT2D eigenvalue weighted by Crippen LogP contribution is -2.04. The maximum absolute atomic E-state index is 12.9. The lowest BCUT2D eigenvalue weighted by molar-refractivity contribution is 0.384. The molecule has 0 saturated carbocycles. The number of imidazole rings is 1. The van der Waals surface area contributed by atoms with Gasteiger partial charge < -0.3 is 9.30 Å². The summed E-state index contributed by atoms with van der Waals surface area (Å²) in [7, 11) is 0. The highest BCUT2D eigenvalue weighted by Gasteiger charge is 2.24. The molecule has 5 nitrogen and oxygen atoms in total.